The van der Waals surface area contributed by atoms with Crippen LogP contribution in [-0.4, -0.2) is 26.5 Å². The maximum atomic E-state index is 12.5. The Morgan fingerprint density at radius 2 is 1.83 bits per heavy atom. The normalized spacial score (nSPS) is 11.3. The number of phenols is 1. The Balaban J connectivity index is 2.35. The zero-order chi connectivity index (χ0) is 17.9. The number of benzene rings is 2. The maximum Gasteiger partial charge on any atom is 0.252 e. The molecule has 0 bridgehead atoms. The molecular formula is C15H14Cl2N2O4S. The molecule has 0 aliphatic carbocycles. The lowest BCUT2D eigenvalue weighted by Gasteiger charge is -2.12. The highest BCUT2D eigenvalue weighted by Gasteiger charge is 2.22. The fourth-order valence-corrected chi connectivity index (χ4v) is 3.82. The minimum atomic E-state index is -4.02. The summed E-state index contributed by atoms with van der Waals surface area (Å²) in [6, 6.07) is 8.63. The van der Waals surface area contributed by atoms with Gasteiger partial charge >= 0.3 is 0 Å². The van der Waals surface area contributed by atoms with Crippen molar-refractivity contribution in [3.05, 3.63) is 57.6 Å². The van der Waals surface area contributed by atoms with E-state index in [1.807, 2.05) is 0 Å². The molecule has 2 aromatic rings. The number of aromatic hydroxyl groups is 1. The van der Waals surface area contributed by atoms with Crippen molar-refractivity contribution in [3.8, 4) is 5.75 Å². The highest BCUT2D eigenvalue weighted by molar-refractivity contribution is 7.89. The van der Waals surface area contributed by atoms with Crippen LogP contribution in [0, 0.1) is 0 Å². The van der Waals surface area contributed by atoms with Crippen LogP contribution in [-0.2, 0) is 16.6 Å². The lowest BCUT2D eigenvalue weighted by Crippen LogP contribution is -2.25. The van der Waals surface area contributed by atoms with Gasteiger partial charge in [-0.3, -0.25) is 4.79 Å². The summed E-state index contributed by atoms with van der Waals surface area (Å²) < 4.78 is 27.3. The van der Waals surface area contributed by atoms with Crippen LogP contribution >= 0.6 is 23.2 Å². The van der Waals surface area contributed by atoms with Gasteiger partial charge in [-0.05, 0) is 18.2 Å². The van der Waals surface area contributed by atoms with E-state index >= 15 is 0 Å². The SMILES string of the molecule is CNC(=O)c1cc(S(=O)(=O)NCc2ccccc2O)c(Cl)cc1Cl. The Morgan fingerprint density at radius 1 is 1.17 bits per heavy atom. The smallest absolute Gasteiger partial charge is 0.252 e. The molecule has 24 heavy (non-hydrogen) atoms. The summed E-state index contributed by atoms with van der Waals surface area (Å²) in [5.41, 5.74) is 0.393. The van der Waals surface area contributed by atoms with E-state index in [1.54, 1.807) is 18.2 Å². The third kappa shape index (κ3) is 3.99. The first kappa shape index (κ1) is 18.5. The highest BCUT2D eigenvalue weighted by atomic mass is 35.5. The predicted molar refractivity (Wildman–Crippen MR) is 92.0 cm³/mol. The van der Waals surface area contributed by atoms with E-state index in [1.165, 1.54) is 19.2 Å². The van der Waals surface area contributed by atoms with E-state index in [0.717, 1.165) is 6.07 Å². The Morgan fingerprint density at radius 3 is 2.46 bits per heavy atom. The average molecular weight is 389 g/mol. The quantitative estimate of drug-likeness (QED) is 0.733. The van der Waals surface area contributed by atoms with Gasteiger partial charge in [-0.25, -0.2) is 13.1 Å². The first-order valence-electron chi connectivity index (χ1n) is 6.74. The standard InChI is InChI=1S/C15H14Cl2N2O4S/c1-18-15(21)10-6-14(12(17)7-11(10)16)24(22,23)19-8-9-4-2-3-5-13(9)20/h2-7,19-20H,8H2,1H3,(H,18,21). The van der Waals surface area contributed by atoms with Gasteiger partial charge < -0.3 is 10.4 Å². The van der Waals surface area contributed by atoms with Crippen molar-refractivity contribution < 1.29 is 18.3 Å². The number of para-hydroxylation sites is 1. The molecule has 128 valence electrons. The third-order valence-electron chi connectivity index (χ3n) is 3.23. The molecule has 1 amide bonds. The van der Waals surface area contributed by atoms with E-state index in [-0.39, 0.29) is 32.8 Å². The number of amides is 1. The molecule has 0 aromatic heterocycles. The summed E-state index contributed by atoms with van der Waals surface area (Å²) in [7, 11) is -2.62. The van der Waals surface area contributed by atoms with Gasteiger partial charge in [0.1, 0.15) is 10.6 Å². The van der Waals surface area contributed by atoms with Gasteiger partial charge in [0.05, 0.1) is 15.6 Å². The van der Waals surface area contributed by atoms with E-state index in [2.05, 4.69) is 10.0 Å². The molecule has 0 radical (unpaired) electrons. The Bertz CT molecular complexity index is 885. The molecule has 0 fully saturated rings. The van der Waals surface area contributed by atoms with E-state index in [0.29, 0.717) is 5.56 Å². The zero-order valence-electron chi connectivity index (χ0n) is 12.5. The first-order chi connectivity index (χ1) is 11.3. The second-order valence-electron chi connectivity index (χ2n) is 4.79. The van der Waals surface area contributed by atoms with Crippen molar-refractivity contribution in [2.75, 3.05) is 7.05 Å². The predicted octanol–water partition coefficient (Wildman–Crippen LogP) is 2.54. The van der Waals surface area contributed by atoms with Gasteiger partial charge in [0.2, 0.25) is 10.0 Å². The molecule has 6 nitrogen and oxygen atoms in total. The van der Waals surface area contributed by atoms with Gasteiger partial charge in [-0.2, -0.15) is 0 Å². The van der Waals surface area contributed by atoms with Crippen molar-refractivity contribution in [1.29, 1.82) is 0 Å². The summed E-state index contributed by atoms with van der Waals surface area (Å²) >= 11 is 11.9. The maximum absolute atomic E-state index is 12.5. The molecule has 0 aliphatic rings. The Labute approximate surface area is 149 Å². The Kier molecular flexibility index (Phi) is 5.71. The van der Waals surface area contributed by atoms with Gasteiger partial charge in [0.25, 0.3) is 5.91 Å². The van der Waals surface area contributed by atoms with Crippen molar-refractivity contribution in [2.24, 2.45) is 0 Å². The van der Waals surface area contributed by atoms with Gasteiger partial charge in [-0.1, -0.05) is 41.4 Å². The number of hydrogen-bond acceptors (Lipinski definition) is 4. The van der Waals surface area contributed by atoms with E-state index in [4.69, 9.17) is 23.2 Å². The molecule has 2 rings (SSSR count). The van der Waals surface area contributed by atoms with Crippen LogP contribution in [0.3, 0.4) is 0 Å². The molecule has 0 saturated carbocycles. The summed E-state index contributed by atoms with van der Waals surface area (Å²) in [5, 5.41) is 12.0. The number of halogens is 2. The van der Waals surface area contributed by atoms with Crippen molar-refractivity contribution in [2.45, 2.75) is 11.4 Å². The molecule has 3 N–H and O–H groups in total. The number of carbonyl (C=O) groups is 1. The fraction of sp³-hybridized carbons (Fsp3) is 0.133. The van der Waals surface area contributed by atoms with Crippen LogP contribution in [0.1, 0.15) is 15.9 Å². The van der Waals surface area contributed by atoms with Crippen LogP contribution in [0.5, 0.6) is 5.75 Å². The highest BCUT2D eigenvalue weighted by Crippen LogP contribution is 2.29. The van der Waals surface area contributed by atoms with Gasteiger partial charge in [0.15, 0.2) is 0 Å². The van der Waals surface area contributed by atoms with Crippen molar-refractivity contribution >= 4 is 39.1 Å². The molecule has 0 heterocycles. The van der Waals surface area contributed by atoms with Crippen LogP contribution in [0.15, 0.2) is 41.3 Å². The number of nitrogens with one attached hydrogen (secondary N) is 2. The molecule has 0 aliphatic heterocycles. The Hall–Kier alpha value is -1.80. The van der Waals surface area contributed by atoms with E-state index in [9.17, 15) is 18.3 Å². The molecule has 0 saturated heterocycles. The zero-order valence-corrected chi connectivity index (χ0v) is 14.8. The van der Waals surface area contributed by atoms with E-state index < -0.39 is 15.9 Å². The summed E-state index contributed by atoms with van der Waals surface area (Å²) in [6.07, 6.45) is 0. The molecule has 0 spiro atoms. The summed E-state index contributed by atoms with van der Waals surface area (Å²) in [5.74, 6) is -0.567. The number of hydrogen-bond donors (Lipinski definition) is 3. The lowest BCUT2D eigenvalue weighted by atomic mass is 10.2. The molecule has 0 unspecified atom stereocenters. The van der Waals surface area contributed by atoms with Crippen LogP contribution in [0.4, 0.5) is 0 Å². The second-order valence-corrected chi connectivity index (χ2v) is 7.34. The van der Waals surface area contributed by atoms with Crippen molar-refractivity contribution in [1.82, 2.24) is 10.0 Å². The van der Waals surface area contributed by atoms with Crippen molar-refractivity contribution in [3.63, 3.8) is 0 Å². The number of rotatable bonds is 5. The summed E-state index contributed by atoms with van der Waals surface area (Å²) in [6.45, 7) is -0.136. The van der Waals surface area contributed by atoms with Crippen LogP contribution in [0.2, 0.25) is 10.0 Å². The monoisotopic (exact) mass is 388 g/mol. The average Bonchev–Trinajstić information content (AvgIpc) is 2.53. The lowest BCUT2D eigenvalue weighted by molar-refractivity contribution is 0.0963. The third-order valence-corrected chi connectivity index (χ3v) is 5.41. The van der Waals surface area contributed by atoms with Crippen LogP contribution < -0.4 is 10.0 Å². The minimum Gasteiger partial charge on any atom is -0.508 e. The topological polar surface area (TPSA) is 95.5 Å². The number of sulfonamides is 1. The molecule has 2 aromatic carbocycles. The second kappa shape index (κ2) is 7.40. The minimum absolute atomic E-state index is 0.00787. The largest absolute Gasteiger partial charge is 0.508 e. The molecular weight excluding hydrogens is 375 g/mol. The molecule has 0 atom stereocenters. The fourth-order valence-electron chi connectivity index (χ4n) is 1.95. The van der Waals surface area contributed by atoms with Gasteiger partial charge in [0, 0.05) is 19.2 Å². The summed E-state index contributed by atoms with van der Waals surface area (Å²) in [4.78, 5) is 11.5. The number of phenolic OH excluding ortho intramolecular Hbond substituents is 1. The first-order valence-corrected chi connectivity index (χ1v) is 8.98. The molecule has 9 heteroatoms. The van der Waals surface area contributed by atoms with Crippen LogP contribution in [0.25, 0.3) is 0 Å². The number of carbonyl (C=O) groups excluding carboxylic acids is 1. The van der Waals surface area contributed by atoms with Gasteiger partial charge in [-0.15, -0.1) is 0 Å².